The summed E-state index contributed by atoms with van der Waals surface area (Å²) in [4.78, 5) is 14.1. The summed E-state index contributed by atoms with van der Waals surface area (Å²) in [5, 5.41) is 10.9. The maximum Gasteiger partial charge on any atom is 0.233 e. The zero-order chi connectivity index (χ0) is 23.0. The van der Waals surface area contributed by atoms with Crippen molar-refractivity contribution < 1.29 is 4.74 Å². The van der Waals surface area contributed by atoms with Gasteiger partial charge in [-0.3, -0.25) is 0 Å². The van der Waals surface area contributed by atoms with Crippen LogP contribution in [0.15, 0.2) is 18.2 Å². The number of rotatable bonds is 8. The van der Waals surface area contributed by atoms with Gasteiger partial charge in [0.2, 0.25) is 17.8 Å². The molecular formula is C24H36ClN7O. The van der Waals surface area contributed by atoms with Crippen LogP contribution in [0.2, 0.25) is 5.02 Å². The second-order valence-electron chi connectivity index (χ2n) is 9.21. The van der Waals surface area contributed by atoms with Gasteiger partial charge < -0.3 is 26.4 Å². The van der Waals surface area contributed by atoms with Gasteiger partial charge in [-0.25, -0.2) is 0 Å². The van der Waals surface area contributed by atoms with Gasteiger partial charge in [-0.15, -0.1) is 0 Å². The average Bonchev–Trinajstić information content (AvgIpc) is 3.08. The van der Waals surface area contributed by atoms with E-state index >= 15 is 0 Å². The lowest BCUT2D eigenvalue weighted by Crippen LogP contribution is -2.30. The van der Waals surface area contributed by atoms with E-state index < -0.39 is 0 Å². The SMILES string of the molecule is COc1ccc(Nc2nc(NC3CCCCCC3)nc(NC3CCC(CN)CC3)n2)cc1Cl. The number of benzene rings is 1. The molecule has 9 heteroatoms. The van der Waals surface area contributed by atoms with E-state index in [9.17, 15) is 0 Å². The fraction of sp³-hybridized carbons (Fsp3) is 0.625. The number of hydrogen-bond acceptors (Lipinski definition) is 8. The number of halogens is 1. The Morgan fingerprint density at radius 3 is 2.06 bits per heavy atom. The van der Waals surface area contributed by atoms with Gasteiger partial charge in [-0.2, -0.15) is 15.0 Å². The second kappa shape index (κ2) is 11.7. The number of nitrogens with zero attached hydrogens (tertiary/aromatic N) is 3. The Kier molecular flexibility index (Phi) is 8.45. The predicted molar refractivity (Wildman–Crippen MR) is 135 cm³/mol. The minimum absolute atomic E-state index is 0.351. The maximum absolute atomic E-state index is 6.30. The molecule has 8 nitrogen and oxygen atoms in total. The Balaban J connectivity index is 1.52. The van der Waals surface area contributed by atoms with Crippen LogP contribution in [-0.4, -0.2) is 40.7 Å². The number of hydrogen-bond donors (Lipinski definition) is 4. The summed E-state index contributed by atoms with van der Waals surface area (Å²) in [6.07, 6.45) is 11.8. The lowest BCUT2D eigenvalue weighted by atomic mass is 9.86. The smallest absolute Gasteiger partial charge is 0.233 e. The van der Waals surface area contributed by atoms with Crippen molar-refractivity contribution in [1.82, 2.24) is 15.0 Å². The standard InChI is InChI=1S/C24H36ClN7O/c1-33-21-13-12-19(14-20(21)25)29-24-31-22(27-17-6-4-2-3-5-7-17)30-23(32-24)28-18-10-8-16(15-26)9-11-18/h12-14,16-18H,2-11,15,26H2,1H3,(H3,27,28,29,30,31,32). The Hall–Kier alpha value is -2.32. The van der Waals surface area contributed by atoms with Gasteiger partial charge in [-0.05, 0) is 69.2 Å². The van der Waals surface area contributed by atoms with Crippen LogP contribution >= 0.6 is 11.6 Å². The Morgan fingerprint density at radius 1 is 0.879 bits per heavy atom. The fourth-order valence-corrected chi connectivity index (χ4v) is 5.02. The van der Waals surface area contributed by atoms with Crippen LogP contribution in [0.25, 0.3) is 0 Å². The number of anilines is 4. The molecule has 1 aromatic carbocycles. The van der Waals surface area contributed by atoms with E-state index in [1.807, 2.05) is 18.2 Å². The van der Waals surface area contributed by atoms with Crippen LogP contribution in [0.5, 0.6) is 5.75 Å². The third-order valence-electron chi connectivity index (χ3n) is 6.75. The van der Waals surface area contributed by atoms with E-state index in [0.717, 1.165) is 50.8 Å². The minimum atomic E-state index is 0.351. The summed E-state index contributed by atoms with van der Waals surface area (Å²) in [7, 11) is 1.60. The monoisotopic (exact) mass is 473 g/mol. The van der Waals surface area contributed by atoms with Gasteiger partial charge in [0.05, 0.1) is 12.1 Å². The molecule has 1 heterocycles. The highest BCUT2D eigenvalue weighted by Gasteiger charge is 2.22. The van der Waals surface area contributed by atoms with Crippen LogP contribution in [0.4, 0.5) is 23.5 Å². The number of nitrogens with two attached hydrogens (primary N) is 1. The highest BCUT2D eigenvalue weighted by molar-refractivity contribution is 6.32. The Morgan fingerprint density at radius 2 is 1.48 bits per heavy atom. The molecule has 0 amide bonds. The van der Waals surface area contributed by atoms with Crippen molar-refractivity contribution in [1.29, 1.82) is 0 Å². The summed E-state index contributed by atoms with van der Waals surface area (Å²) in [6, 6.07) is 6.28. The summed E-state index contributed by atoms with van der Waals surface area (Å²) < 4.78 is 5.25. The largest absolute Gasteiger partial charge is 0.495 e. The van der Waals surface area contributed by atoms with Crippen LogP contribution in [0.1, 0.15) is 64.2 Å². The second-order valence-corrected chi connectivity index (χ2v) is 9.62. The molecule has 2 aliphatic rings. The quantitative estimate of drug-likeness (QED) is 0.380. The summed E-state index contributed by atoms with van der Waals surface area (Å²) in [5.41, 5.74) is 6.65. The zero-order valence-electron chi connectivity index (χ0n) is 19.4. The first-order chi connectivity index (χ1) is 16.1. The van der Waals surface area contributed by atoms with Crippen molar-refractivity contribution in [3.63, 3.8) is 0 Å². The van der Waals surface area contributed by atoms with E-state index in [4.69, 9.17) is 27.1 Å². The van der Waals surface area contributed by atoms with Crippen molar-refractivity contribution in [3.05, 3.63) is 23.2 Å². The molecule has 2 saturated carbocycles. The van der Waals surface area contributed by atoms with Gasteiger partial charge in [0.1, 0.15) is 5.75 Å². The predicted octanol–water partition coefficient (Wildman–Crippen LogP) is 5.34. The molecule has 0 radical (unpaired) electrons. The van der Waals surface area contributed by atoms with Crippen molar-refractivity contribution in [2.75, 3.05) is 29.6 Å². The van der Waals surface area contributed by atoms with Crippen molar-refractivity contribution in [2.24, 2.45) is 11.7 Å². The summed E-state index contributed by atoms with van der Waals surface area (Å²) in [6.45, 7) is 0.770. The van der Waals surface area contributed by atoms with E-state index in [-0.39, 0.29) is 0 Å². The molecule has 2 aromatic rings. The van der Waals surface area contributed by atoms with Crippen molar-refractivity contribution >= 4 is 35.1 Å². The molecule has 0 saturated heterocycles. The molecule has 1 aromatic heterocycles. The molecule has 0 aliphatic heterocycles. The number of aromatic nitrogens is 3. The number of methoxy groups -OCH3 is 1. The van der Waals surface area contributed by atoms with Gasteiger partial charge in [0.15, 0.2) is 0 Å². The molecule has 2 fully saturated rings. The molecular weight excluding hydrogens is 438 g/mol. The van der Waals surface area contributed by atoms with Crippen LogP contribution in [0, 0.1) is 5.92 Å². The number of ether oxygens (including phenoxy) is 1. The van der Waals surface area contributed by atoms with Crippen molar-refractivity contribution in [3.8, 4) is 5.75 Å². The van der Waals surface area contributed by atoms with Gasteiger partial charge in [0, 0.05) is 17.8 Å². The molecule has 5 N–H and O–H groups in total. The first-order valence-electron chi connectivity index (χ1n) is 12.2. The van der Waals surface area contributed by atoms with E-state index in [0.29, 0.717) is 46.6 Å². The lowest BCUT2D eigenvalue weighted by Gasteiger charge is -2.28. The molecule has 0 spiro atoms. The normalized spacial score (nSPS) is 21.8. The Labute approximate surface area is 201 Å². The molecule has 180 valence electrons. The fourth-order valence-electron chi connectivity index (χ4n) is 4.77. The van der Waals surface area contributed by atoms with E-state index in [2.05, 4.69) is 25.9 Å². The highest BCUT2D eigenvalue weighted by atomic mass is 35.5. The average molecular weight is 474 g/mol. The molecule has 0 bridgehead atoms. The van der Waals surface area contributed by atoms with Crippen LogP contribution in [0.3, 0.4) is 0 Å². The highest BCUT2D eigenvalue weighted by Crippen LogP contribution is 2.29. The summed E-state index contributed by atoms with van der Waals surface area (Å²) in [5.74, 6) is 2.95. The third-order valence-corrected chi connectivity index (χ3v) is 7.04. The van der Waals surface area contributed by atoms with E-state index in [1.54, 1.807) is 7.11 Å². The molecule has 0 unspecified atom stereocenters. The van der Waals surface area contributed by atoms with E-state index in [1.165, 1.54) is 25.7 Å². The lowest BCUT2D eigenvalue weighted by molar-refractivity contribution is 0.344. The first kappa shape index (κ1) is 23.8. The van der Waals surface area contributed by atoms with Crippen LogP contribution in [-0.2, 0) is 0 Å². The zero-order valence-corrected chi connectivity index (χ0v) is 20.2. The van der Waals surface area contributed by atoms with Gasteiger partial charge in [0.25, 0.3) is 0 Å². The minimum Gasteiger partial charge on any atom is -0.495 e. The first-order valence-corrected chi connectivity index (χ1v) is 12.6. The number of nitrogens with one attached hydrogen (secondary N) is 3. The topological polar surface area (TPSA) is 110 Å². The summed E-state index contributed by atoms with van der Waals surface area (Å²) >= 11 is 6.30. The molecule has 2 aliphatic carbocycles. The van der Waals surface area contributed by atoms with Gasteiger partial charge >= 0.3 is 0 Å². The third kappa shape index (κ3) is 6.84. The molecule has 33 heavy (non-hydrogen) atoms. The van der Waals surface area contributed by atoms with Crippen LogP contribution < -0.4 is 26.4 Å². The molecule has 4 rings (SSSR count). The van der Waals surface area contributed by atoms with Gasteiger partial charge in [-0.1, -0.05) is 37.3 Å². The molecule has 0 atom stereocenters. The van der Waals surface area contributed by atoms with Crippen molar-refractivity contribution in [2.45, 2.75) is 76.3 Å². The Bertz CT molecular complexity index is 896. The maximum atomic E-state index is 6.30.